The molecule has 7 heteroatoms. The van der Waals surface area contributed by atoms with Crippen LogP contribution in [0.4, 0.5) is 10.5 Å². The predicted molar refractivity (Wildman–Crippen MR) is 127 cm³/mol. The van der Waals surface area contributed by atoms with Crippen molar-refractivity contribution in [3.05, 3.63) is 89.5 Å². The second kappa shape index (κ2) is 8.92. The van der Waals surface area contributed by atoms with Gasteiger partial charge < -0.3 is 10.4 Å². The summed E-state index contributed by atoms with van der Waals surface area (Å²) < 4.78 is 0. The number of ketones is 1. The van der Waals surface area contributed by atoms with Gasteiger partial charge in [-0.25, -0.2) is 9.78 Å². The number of urea groups is 1. The maximum absolute atomic E-state index is 13.1. The van der Waals surface area contributed by atoms with E-state index in [1.807, 2.05) is 19.1 Å². The van der Waals surface area contributed by atoms with Crippen LogP contribution in [-0.2, 0) is 0 Å². The van der Waals surface area contributed by atoms with Crippen molar-refractivity contribution in [3.63, 3.8) is 0 Å². The number of imide groups is 1. The highest BCUT2D eigenvalue weighted by molar-refractivity contribution is 6.15. The molecule has 0 radical (unpaired) electrons. The molecule has 33 heavy (non-hydrogen) atoms. The van der Waals surface area contributed by atoms with Crippen molar-refractivity contribution < 1.29 is 19.5 Å². The van der Waals surface area contributed by atoms with E-state index in [2.05, 4.69) is 15.6 Å². The number of Topliss-reactive ketones (excluding diaryl/α,β-unsaturated/α-hetero) is 1. The SMILES string of the molecule is CC(=O)c1ccc2nc(-c3ccccc3O)cc(C(=O)NC(=O)Nc3ccccc3C)c2c1. The molecule has 0 aliphatic rings. The maximum atomic E-state index is 13.1. The van der Waals surface area contributed by atoms with Gasteiger partial charge in [0, 0.05) is 22.2 Å². The van der Waals surface area contributed by atoms with E-state index in [9.17, 15) is 19.5 Å². The first-order valence-corrected chi connectivity index (χ1v) is 10.3. The first-order chi connectivity index (χ1) is 15.8. The molecular formula is C26H21N3O4. The van der Waals surface area contributed by atoms with Crippen LogP contribution >= 0.6 is 0 Å². The molecule has 0 fully saturated rings. The lowest BCUT2D eigenvalue weighted by molar-refractivity contribution is 0.0966. The molecule has 4 rings (SSSR count). The Bertz CT molecular complexity index is 1410. The second-order valence-corrected chi connectivity index (χ2v) is 7.58. The van der Waals surface area contributed by atoms with Gasteiger partial charge in [-0.05, 0) is 61.9 Å². The van der Waals surface area contributed by atoms with Crippen molar-refractivity contribution >= 4 is 34.3 Å². The van der Waals surface area contributed by atoms with Gasteiger partial charge in [0.1, 0.15) is 5.75 Å². The zero-order valence-corrected chi connectivity index (χ0v) is 18.0. The number of nitrogens with one attached hydrogen (secondary N) is 2. The van der Waals surface area contributed by atoms with E-state index in [4.69, 9.17) is 0 Å². The summed E-state index contributed by atoms with van der Waals surface area (Å²) in [6.07, 6.45) is 0. The third-order valence-corrected chi connectivity index (χ3v) is 5.26. The number of nitrogens with zero attached hydrogens (tertiary/aromatic N) is 1. The smallest absolute Gasteiger partial charge is 0.326 e. The molecule has 4 aromatic rings. The lowest BCUT2D eigenvalue weighted by atomic mass is 10.0. The number of phenolic OH excluding ortho intramolecular Hbond substituents is 1. The monoisotopic (exact) mass is 439 g/mol. The summed E-state index contributed by atoms with van der Waals surface area (Å²) in [7, 11) is 0. The fourth-order valence-corrected chi connectivity index (χ4v) is 3.50. The van der Waals surface area contributed by atoms with Crippen molar-refractivity contribution in [2.45, 2.75) is 13.8 Å². The van der Waals surface area contributed by atoms with Gasteiger partial charge in [-0.2, -0.15) is 0 Å². The van der Waals surface area contributed by atoms with E-state index >= 15 is 0 Å². The summed E-state index contributed by atoms with van der Waals surface area (Å²) in [5, 5.41) is 15.7. The number of carbonyl (C=O) groups excluding carboxylic acids is 3. The van der Waals surface area contributed by atoms with Crippen LogP contribution in [0.1, 0.15) is 33.2 Å². The van der Waals surface area contributed by atoms with Gasteiger partial charge in [-0.3, -0.25) is 14.9 Å². The number of aromatic nitrogens is 1. The fourth-order valence-electron chi connectivity index (χ4n) is 3.50. The average Bonchev–Trinajstić information content (AvgIpc) is 2.79. The molecule has 164 valence electrons. The molecule has 0 aliphatic carbocycles. The normalized spacial score (nSPS) is 10.6. The van der Waals surface area contributed by atoms with Crippen LogP contribution in [0.3, 0.4) is 0 Å². The molecule has 0 aliphatic heterocycles. The Hall–Kier alpha value is -4.52. The molecule has 3 N–H and O–H groups in total. The molecule has 0 spiro atoms. The van der Waals surface area contributed by atoms with Gasteiger partial charge in [-0.15, -0.1) is 0 Å². The summed E-state index contributed by atoms with van der Waals surface area (Å²) in [6, 6.07) is 19.5. The molecule has 1 heterocycles. The number of hydrogen-bond donors (Lipinski definition) is 3. The Labute approximate surface area is 190 Å². The Morgan fingerprint density at radius 3 is 2.36 bits per heavy atom. The van der Waals surface area contributed by atoms with Gasteiger partial charge in [-0.1, -0.05) is 30.3 Å². The lowest BCUT2D eigenvalue weighted by Crippen LogP contribution is -2.34. The zero-order valence-electron chi connectivity index (χ0n) is 18.0. The number of pyridine rings is 1. The molecule has 0 bridgehead atoms. The van der Waals surface area contributed by atoms with Crippen LogP contribution in [0.2, 0.25) is 0 Å². The van der Waals surface area contributed by atoms with E-state index in [1.165, 1.54) is 19.1 Å². The number of fused-ring (bicyclic) bond motifs is 1. The van der Waals surface area contributed by atoms with Gasteiger partial charge in [0.05, 0.1) is 16.8 Å². The standard InChI is InChI=1S/C26H21N3O4/c1-15-7-3-5-9-21(15)28-26(33)29-25(32)20-14-23(18-8-4-6-10-24(18)31)27-22-12-11-17(16(2)30)13-19(20)22/h3-14,31H,1-2H3,(H2,28,29,32,33). The van der Waals surface area contributed by atoms with Gasteiger partial charge >= 0.3 is 6.03 Å². The predicted octanol–water partition coefficient (Wildman–Crippen LogP) is 5.08. The Kier molecular flexibility index (Phi) is 5.87. The van der Waals surface area contributed by atoms with Crippen LogP contribution in [-0.4, -0.2) is 27.8 Å². The number of phenols is 1. The van der Waals surface area contributed by atoms with Crippen LogP contribution in [0.25, 0.3) is 22.2 Å². The van der Waals surface area contributed by atoms with E-state index in [0.29, 0.717) is 33.4 Å². The molecule has 1 aromatic heterocycles. The van der Waals surface area contributed by atoms with Crippen LogP contribution in [0.15, 0.2) is 72.8 Å². The summed E-state index contributed by atoms with van der Waals surface area (Å²) in [6.45, 7) is 3.27. The van der Waals surface area contributed by atoms with E-state index in [1.54, 1.807) is 48.5 Å². The van der Waals surface area contributed by atoms with E-state index in [0.717, 1.165) is 5.56 Å². The molecular weight excluding hydrogens is 418 g/mol. The van der Waals surface area contributed by atoms with E-state index in [-0.39, 0.29) is 17.1 Å². The summed E-state index contributed by atoms with van der Waals surface area (Å²) in [4.78, 5) is 42.1. The highest BCUT2D eigenvalue weighted by atomic mass is 16.3. The topological polar surface area (TPSA) is 108 Å². The van der Waals surface area contributed by atoms with Crippen molar-refractivity contribution in [2.75, 3.05) is 5.32 Å². The number of aryl methyl sites for hydroxylation is 1. The zero-order chi connectivity index (χ0) is 23.5. The summed E-state index contributed by atoms with van der Waals surface area (Å²) in [5.41, 5.74) is 3.25. The first kappa shape index (κ1) is 21.7. The minimum absolute atomic E-state index is 0.00774. The van der Waals surface area contributed by atoms with Gasteiger partial charge in [0.25, 0.3) is 5.91 Å². The van der Waals surface area contributed by atoms with Crippen molar-refractivity contribution in [1.82, 2.24) is 10.3 Å². The number of anilines is 1. The second-order valence-electron chi connectivity index (χ2n) is 7.58. The molecule has 0 saturated heterocycles. The summed E-state index contributed by atoms with van der Waals surface area (Å²) >= 11 is 0. The Morgan fingerprint density at radius 1 is 0.909 bits per heavy atom. The van der Waals surface area contributed by atoms with Gasteiger partial charge in [0.2, 0.25) is 0 Å². The number of carbonyl (C=O) groups is 3. The number of amides is 3. The Balaban J connectivity index is 1.76. The van der Waals surface area contributed by atoms with Crippen molar-refractivity contribution in [1.29, 1.82) is 0 Å². The first-order valence-electron chi connectivity index (χ1n) is 10.3. The maximum Gasteiger partial charge on any atom is 0.326 e. The number of para-hydroxylation sites is 2. The fraction of sp³-hybridized carbons (Fsp3) is 0.0769. The minimum atomic E-state index is -0.689. The van der Waals surface area contributed by atoms with Gasteiger partial charge in [0.15, 0.2) is 5.78 Å². The number of rotatable bonds is 4. The highest BCUT2D eigenvalue weighted by Gasteiger charge is 2.19. The highest BCUT2D eigenvalue weighted by Crippen LogP contribution is 2.31. The molecule has 0 saturated carbocycles. The molecule has 0 unspecified atom stereocenters. The van der Waals surface area contributed by atoms with Crippen molar-refractivity contribution in [3.8, 4) is 17.0 Å². The quantitative estimate of drug-likeness (QED) is 0.384. The number of aromatic hydroxyl groups is 1. The minimum Gasteiger partial charge on any atom is -0.507 e. The third-order valence-electron chi connectivity index (χ3n) is 5.26. The Morgan fingerprint density at radius 2 is 1.64 bits per heavy atom. The van der Waals surface area contributed by atoms with Crippen LogP contribution in [0.5, 0.6) is 5.75 Å². The third kappa shape index (κ3) is 4.57. The number of hydrogen-bond acceptors (Lipinski definition) is 5. The largest absolute Gasteiger partial charge is 0.507 e. The van der Waals surface area contributed by atoms with Crippen LogP contribution in [0, 0.1) is 6.92 Å². The summed E-state index contributed by atoms with van der Waals surface area (Å²) in [5.74, 6) is -0.815. The number of benzene rings is 3. The molecule has 3 amide bonds. The van der Waals surface area contributed by atoms with Crippen LogP contribution < -0.4 is 10.6 Å². The van der Waals surface area contributed by atoms with Crippen molar-refractivity contribution in [2.24, 2.45) is 0 Å². The van der Waals surface area contributed by atoms with E-state index < -0.39 is 11.9 Å². The lowest BCUT2D eigenvalue weighted by Gasteiger charge is -2.13. The molecule has 0 atom stereocenters. The average molecular weight is 439 g/mol. The molecule has 3 aromatic carbocycles. The molecule has 7 nitrogen and oxygen atoms in total.